The molecule has 2 fully saturated rings. The number of aromatic nitrogens is 1. The third-order valence-electron chi connectivity index (χ3n) is 9.10. The molecule has 2 amide bonds. The molecule has 3 N–H and O–H groups in total. The van der Waals surface area contributed by atoms with E-state index in [0.29, 0.717) is 30.6 Å². The summed E-state index contributed by atoms with van der Waals surface area (Å²) in [5, 5.41) is 21.4. The first-order valence-corrected chi connectivity index (χ1v) is 17.2. The van der Waals surface area contributed by atoms with Gasteiger partial charge in [-0.05, 0) is 67.6 Å². The van der Waals surface area contributed by atoms with E-state index in [0.717, 1.165) is 54.5 Å². The lowest BCUT2D eigenvalue weighted by Gasteiger charge is -2.39. The summed E-state index contributed by atoms with van der Waals surface area (Å²) in [6, 6.07) is 24.0. The highest BCUT2D eigenvalue weighted by Crippen LogP contribution is 2.35. The van der Waals surface area contributed by atoms with E-state index in [1.54, 1.807) is 42.7 Å². The topological polar surface area (TPSA) is 107 Å². The van der Waals surface area contributed by atoms with Crippen LogP contribution in [0.2, 0.25) is 0 Å². The number of aryl methyl sites for hydroxylation is 1. The summed E-state index contributed by atoms with van der Waals surface area (Å²) in [7, 11) is 1.66. The van der Waals surface area contributed by atoms with Crippen molar-refractivity contribution in [3.05, 3.63) is 117 Å². The standard InChI is InChI=1S/C37H43N5O4S/c1-25-24-47-36(39-25)33-12-7-18-42(33)37(45)29-11-6-10-28(21-29)35(44)40-31(20-26-8-4-3-5-9-26)34(43)32-23-41(19-17-38-32)22-27-13-15-30(46-2)16-14-27/h3-6,8-11,13-16,21,24,31-34,38,43H,7,12,17-20,22-23H2,1-2H3,(H,40,44)/t31-,32+,33+,34-/m0/s1. The highest BCUT2D eigenvalue weighted by atomic mass is 32.1. The number of nitrogens with zero attached hydrogens (tertiary/aromatic N) is 3. The van der Waals surface area contributed by atoms with Gasteiger partial charge in [-0.25, -0.2) is 4.98 Å². The average Bonchev–Trinajstić information content (AvgIpc) is 3.77. The number of carbonyl (C=O) groups is 2. The van der Waals surface area contributed by atoms with Gasteiger partial charge in [-0.1, -0.05) is 48.5 Å². The molecule has 2 aliphatic rings. The van der Waals surface area contributed by atoms with E-state index in [9.17, 15) is 14.7 Å². The summed E-state index contributed by atoms with van der Waals surface area (Å²) >= 11 is 1.59. The fourth-order valence-corrected chi connectivity index (χ4v) is 7.55. The van der Waals surface area contributed by atoms with Gasteiger partial charge in [0, 0.05) is 61.0 Å². The lowest BCUT2D eigenvalue weighted by molar-refractivity contribution is 0.0464. The number of aliphatic hydroxyl groups excluding tert-OH is 1. The van der Waals surface area contributed by atoms with Gasteiger partial charge in [0.2, 0.25) is 0 Å². The van der Waals surface area contributed by atoms with E-state index in [4.69, 9.17) is 4.74 Å². The van der Waals surface area contributed by atoms with Crippen LogP contribution >= 0.6 is 11.3 Å². The van der Waals surface area contributed by atoms with Gasteiger partial charge in [0.25, 0.3) is 11.8 Å². The summed E-state index contributed by atoms with van der Waals surface area (Å²) in [4.78, 5) is 36.3. The van der Waals surface area contributed by atoms with E-state index >= 15 is 0 Å². The van der Waals surface area contributed by atoms with Crippen molar-refractivity contribution < 1.29 is 19.4 Å². The number of piperazine rings is 1. The predicted molar refractivity (Wildman–Crippen MR) is 184 cm³/mol. The van der Waals surface area contributed by atoms with Gasteiger partial charge in [0.15, 0.2) is 0 Å². The Labute approximate surface area is 280 Å². The molecule has 0 aliphatic carbocycles. The number of carbonyl (C=O) groups excluding carboxylic acids is 2. The fourth-order valence-electron chi connectivity index (χ4n) is 6.61. The number of benzene rings is 3. The molecule has 9 nitrogen and oxygen atoms in total. The zero-order valence-corrected chi connectivity index (χ0v) is 27.8. The molecule has 0 saturated carbocycles. The quantitative estimate of drug-likeness (QED) is 0.217. The van der Waals surface area contributed by atoms with Gasteiger partial charge in [0.1, 0.15) is 10.8 Å². The van der Waals surface area contributed by atoms with Crippen molar-refractivity contribution in [3.8, 4) is 5.75 Å². The number of hydrogen-bond acceptors (Lipinski definition) is 8. The van der Waals surface area contributed by atoms with Gasteiger partial charge < -0.3 is 25.4 Å². The number of rotatable bonds is 11. The van der Waals surface area contributed by atoms with Crippen LogP contribution in [-0.4, -0.2) is 83.2 Å². The molecule has 10 heteroatoms. The van der Waals surface area contributed by atoms with Crippen LogP contribution in [0, 0.1) is 6.92 Å². The Balaban J connectivity index is 1.16. The molecule has 0 bridgehead atoms. The van der Waals surface area contributed by atoms with Crippen molar-refractivity contribution >= 4 is 23.2 Å². The maximum atomic E-state index is 13.8. The number of hydrogen-bond donors (Lipinski definition) is 3. The van der Waals surface area contributed by atoms with E-state index < -0.39 is 12.1 Å². The third kappa shape index (κ3) is 8.08. The normalized spacial score (nSPS) is 19.7. The second-order valence-electron chi connectivity index (χ2n) is 12.5. The smallest absolute Gasteiger partial charge is 0.254 e. The van der Waals surface area contributed by atoms with Crippen molar-refractivity contribution in [2.24, 2.45) is 0 Å². The second kappa shape index (κ2) is 15.2. The largest absolute Gasteiger partial charge is 0.497 e. The predicted octanol–water partition coefficient (Wildman–Crippen LogP) is 4.61. The number of aliphatic hydroxyl groups is 1. The van der Waals surface area contributed by atoms with Crippen LogP contribution in [0.1, 0.15) is 61.4 Å². The zero-order chi connectivity index (χ0) is 32.8. The first-order valence-electron chi connectivity index (χ1n) is 16.3. The maximum absolute atomic E-state index is 13.8. The molecule has 47 heavy (non-hydrogen) atoms. The Kier molecular flexibility index (Phi) is 10.6. The summed E-state index contributed by atoms with van der Waals surface area (Å²) < 4.78 is 5.30. The zero-order valence-electron chi connectivity index (χ0n) is 27.0. The Morgan fingerprint density at radius 1 is 1.04 bits per heavy atom. The van der Waals surface area contributed by atoms with Crippen LogP contribution < -0.4 is 15.4 Å². The first kappa shape index (κ1) is 32.8. The highest BCUT2D eigenvalue weighted by Gasteiger charge is 2.34. The first-order chi connectivity index (χ1) is 22.9. The molecule has 1 aromatic heterocycles. The molecule has 0 spiro atoms. The van der Waals surface area contributed by atoms with Gasteiger partial charge in [-0.15, -0.1) is 11.3 Å². The van der Waals surface area contributed by atoms with Crippen molar-refractivity contribution in [3.63, 3.8) is 0 Å². The molecule has 246 valence electrons. The van der Waals surface area contributed by atoms with E-state index in [1.807, 2.05) is 59.7 Å². The van der Waals surface area contributed by atoms with Gasteiger partial charge in [-0.2, -0.15) is 0 Å². The summed E-state index contributed by atoms with van der Waals surface area (Å²) in [6.07, 6.45) is 1.41. The minimum Gasteiger partial charge on any atom is -0.497 e. The minimum absolute atomic E-state index is 0.0450. The summed E-state index contributed by atoms with van der Waals surface area (Å²) in [6.45, 7) is 5.60. The van der Waals surface area contributed by atoms with Crippen LogP contribution in [0.25, 0.3) is 0 Å². The van der Waals surface area contributed by atoms with Crippen molar-refractivity contribution in [2.45, 2.75) is 57.0 Å². The van der Waals surface area contributed by atoms with Crippen LogP contribution in [-0.2, 0) is 13.0 Å². The highest BCUT2D eigenvalue weighted by molar-refractivity contribution is 7.09. The van der Waals surface area contributed by atoms with Crippen molar-refractivity contribution in [1.29, 1.82) is 0 Å². The molecule has 0 radical (unpaired) electrons. The van der Waals surface area contributed by atoms with E-state index in [1.165, 1.54) is 5.56 Å². The molecule has 2 saturated heterocycles. The average molecular weight is 654 g/mol. The van der Waals surface area contributed by atoms with Gasteiger partial charge in [-0.3, -0.25) is 14.5 Å². The number of amides is 2. The van der Waals surface area contributed by atoms with Gasteiger partial charge in [0.05, 0.1) is 25.3 Å². The molecule has 3 aromatic carbocycles. The van der Waals surface area contributed by atoms with Crippen LogP contribution in [0.4, 0.5) is 0 Å². The Morgan fingerprint density at radius 3 is 2.57 bits per heavy atom. The summed E-state index contributed by atoms with van der Waals surface area (Å²) in [5.74, 6) is 0.404. The Morgan fingerprint density at radius 2 is 1.83 bits per heavy atom. The van der Waals surface area contributed by atoms with Crippen LogP contribution in [0.5, 0.6) is 5.75 Å². The monoisotopic (exact) mass is 653 g/mol. The number of nitrogens with one attached hydrogen (secondary N) is 2. The number of likely N-dealkylation sites (tertiary alicyclic amines) is 1. The fraction of sp³-hybridized carbons (Fsp3) is 0.378. The lowest BCUT2D eigenvalue weighted by atomic mass is 9.94. The molecule has 6 rings (SSSR count). The Hall–Kier alpha value is -4.09. The SMILES string of the molecule is COc1ccc(CN2CCN[C@@H]([C@@H](O)[C@H](Cc3ccccc3)NC(=O)c3cccc(C(=O)N4CCC[C@@H]4c4nc(C)cs4)c3)C2)cc1. The van der Waals surface area contributed by atoms with Crippen LogP contribution in [0.3, 0.4) is 0 Å². The number of methoxy groups -OCH3 is 1. The molecular formula is C37H43N5O4S. The molecule has 2 aliphatic heterocycles. The minimum atomic E-state index is -0.852. The molecule has 4 aromatic rings. The molecule has 4 atom stereocenters. The Bertz CT molecular complexity index is 1650. The third-order valence-corrected chi connectivity index (χ3v) is 10.2. The maximum Gasteiger partial charge on any atom is 0.254 e. The second-order valence-corrected chi connectivity index (χ2v) is 13.4. The van der Waals surface area contributed by atoms with Crippen molar-refractivity contribution in [2.75, 3.05) is 33.3 Å². The molecule has 3 heterocycles. The van der Waals surface area contributed by atoms with Gasteiger partial charge >= 0.3 is 0 Å². The molecule has 0 unspecified atom stereocenters. The molecular weight excluding hydrogens is 611 g/mol. The summed E-state index contributed by atoms with van der Waals surface area (Å²) in [5.41, 5.74) is 4.01. The van der Waals surface area contributed by atoms with Crippen molar-refractivity contribution in [1.82, 2.24) is 25.4 Å². The van der Waals surface area contributed by atoms with Crippen LogP contribution in [0.15, 0.2) is 84.2 Å². The lowest BCUT2D eigenvalue weighted by Crippen LogP contribution is -2.61. The number of thiazole rings is 1. The van der Waals surface area contributed by atoms with E-state index in [2.05, 4.69) is 32.7 Å². The number of ether oxygens (including phenoxy) is 1. The van der Waals surface area contributed by atoms with E-state index in [-0.39, 0.29) is 23.9 Å².